The number of amides is 1. The summed E-state index contributed by atoms with van der Waals surface area (Å²) in [7, 11) is 0. The molecule has 19 heavy (non-hydrogen) atoms. The first-order chi connectivity index (χ1) is 9.20. The van der Waals surface area contributed by atoms with Gasteiger partial charge < -0.3 is 19.4 Å². The summed E-state index contributed by atoms with van der Waals surface area (Å²) >= 11 is 0. The summed E-state index contributed by atoms with van der Waals surface area (Å²) in [6.45, 7) is 4.19. The number of carbonyl (C=O) groups excluding carboxylic acids is 2. The topological polar surface area (TPSA) is 73.0 Å². The molecule has 6 heteroatoms. The number of quaternary nitrogens is 1. The molecule has 0 radical (unpaired) electrons. The SMILES string of the molecule is CCOC(=O)C[C@@H]1C(=O)NCC[NH+]1Cc1ccoc1. The number of hydrogen-bond donors (Lipinski definition) is 2. The molecule has 0 aliphatic carbocycles. The van der Waals surface area contributed by atoms with Crippen molar-refractivity contribution in [3.63, 3.8) is 0 Å². The third-order valence-electron chi connectivity index (χ3n) is 3.24. The predicted molar refractivity (Wildman–Crippen MR) is 66.3 cm³/mol. The monoisotopic (exact) mass is 267 g/mol. The highest BCUT2D eigenvalue weighted by atomic mass is 16.5. The van der Waals surface area contributed by atoms with Crippen LogP contribution in [0.15, 0.2) is 23.0 Å². The van der Waals surface area contributed by atoms with E-state index in [0.29, 0.717) is 19.7 Å². The lowest BCUT2D eigenvalue weighted by Crippen LogP contribution is -3.18. The number of furan rings is 1. The lowest BCUT2D eigenvalue weighted by atomic mass is 10.1. The summed E-state index contributed by atoms with van der Waals surface area (Å²) in [5, 5.41) is 2.80. The fourth-order valence-corrected chi connectivity index (χ4v) is 2.32. The molecule has 2 N–H and O–H groups in total. The van der Waals surface area contributed by atoms with Crippen LogP contribution in [-0.2, 0) is 20.9 Å². The molecule has 1 aliphatic rings. The first-order valence-corrected chi connectivity index (χ1v) is 6.49. The van der Waals surface area contributed by atoms with Crippen molar-refractivity contribution in [3.8, 4) is 0 Å². The zero-order valence-corrected chi connectivity index (χ0v) is 11.0. The van der Waals surface area contributed by atoms with Gasteiger partial charge in [-0.05, 0) is 13.0 Å². The maximum absolute atomic E-state index is 11.9. The van der Waals surface area contributed by atoms with Crippen LogP contribution >= 0.6 is 0 Å². The molecule has 1 aliphatic heterocycles. The predicted octanol–water partition coefficient (Wildman–Crippen LogP) is -0.884. The van der Waals surface area contributed by atoms with Crippen LogP contribution in [0.1, 0.15) is 18.9 Å². The van der Waals surface area contributed by atoms with Crippen molar-refractivity contribution >= 4 is 11.9 Å². The van der Waals surface area contributed by atoms with Gasteiger partial charge >= 0.3 is 5.97 Å². The molecule has 2 atom stereocenters. The fourth-order valence-electron chi connectivity index (χ4n) is 2.32. The van der Waals surface area contributed by atoms with Crippen molar-refractivity contribution in [1.29, 1.82) is 0 Å². The molecule has 1 unspecified atom stereocenters. The fraction of sp³-hybridized carbons (Fsp3) is 0.538. The molecule has 1 amide bonds. The van der Waals surface area contributed by atoms with E-state index in [2.05, 4.69) is 5.32 Å². The van der Waals surface area contributed by atoms with Crippen molar-refractivity contribution in [2.24, 2.45) is 0 Å². The van der Waals surface area contributed by atoms with E-state index in [1.807, 2.05) is 6.07 Å². The van der Waals surface area contributed by atoms with Gasteiger partial charge in [-0.2, -0.15) is 0 Å². The second-order valence-electron chi connectivity index (χ2n) is 4.57. The zero-order valence-electron chi connectivity index (χ0n) is 11.0. The number of esters is 1. The van der Waals surface area contributed by atoms with Crippen molar-refractivity contribution in [1.82, 2.24) is 5.32 Å². The number of piperazine rings is 1. The number of carbonyl (C=O) groups is 2. The Labute approximate surface area is 111 Å². The molecule has 0 aromatic carbocycles. The molecule has 2 heterocycles. The van der Waals surface area contributed by atoms with E-state index in [9.17, 15) is 9.59 Å². The highest BCUT2D eigenvalue weighted by Gasteiger charge is 2.35. The second-order valence-corrected chi connectivity index (χ2v) is 4.57. The van der Waals surface area contributed by atoms with Gasteiger partial charge in [0.1, 0.15) is 13.0 Å². The average molecular weight is 267 g/mol. The van der Waals surface area contributed by atoms with Gasteiger partial charge in [0.15, 0.2) is 6.04 Å². The molecule has 0 spiro atoms. The molecule has 6 nitrogen and oxygen atoms in total. The number of rotatable bonds is 5. The van der Waals surface area contributed by atoms with E-state index >= 15 is 0 Å². The third kappa shape index (κ3) is 3.57. The molecular weight excluding hydrogens is 248 g/mol. The van der Waals surface area contributed by atoms with E-state index in [-0.39, 0.29) is 24.3 Å². The first kappa shape index (κ1) is 13.6. The Kier molecular flexibility index (Phi) is 4.57. The summed E-state index contributed by atoms with van der Waals surface area (Å²) in [5.74, 6) is -0.410. The first-order valence-electron chi connectivity index (χ1n) is 6.49. The highest BCUT2D eigenvalue weighted by Crippen LogP contribution is 2.00. The highest BCUT2D eigenvalue weighted by molar-refractivity contribution is 5.85. The Morgan fingerprint density at radius 2 is 2.47 bits per heavy atom. The zero-order chi connectivity index (χ0) is 13.7. The van der Waals surface area contributed by atoms with Gasteiger partial charge in [0, 0.05) is 5.56 Å². The third-order valence-corrected chi connectivity index (χ3v) is 3.24. The molecule has 1 aromatic rings. The second kappa shape index (κ2) is 6.38. The Hall–Kier alpha value is -1.82. The lowest BCUT2D eigenvalue weighted by molar-refractivity contribution is -0.930. The van der Waals surface area contributed by atoms with E-state index in [4.69, 9.17) is 9.15 Å². The minimum atomic E-state index is -0.386. The summed E-state index contributed by atoms with van der Waals surface area (Å²) in [6, 6.07) is 1.49. The summed E-state index contributed by atoms with van der Waals surface area (Å²) < 4.78 is 9.96. The van der Waals surface area contributed by atoms with Crippen molar-refractivity contribution < 1.29 is 23.6 Å². The lowest BCUT2D eigenvalue weighted by Gasteiger charge is -2.31. The van der Waals surface area contributed by atoms with Crippen LogP contribution in [0.3, 0.4) is 0 Å². The molecule has 104 valence electrons. The minimum absolute atomic E-state index is 0.0854. The average Bonchev–Trinajstić information content (AvgIpc) is 2.87. The summed E-state index contributed by atoms with van der Waals surface area (Å²) in [5.41, 5.74) is 1.03. The van der Waals surface area contributed by atoms with Crippen molar-refractivity contribution in [2.45, 2.75) is 25.9 Å². The van der Waals surface area contributed by atoms with Crippen molar-refractivity contribution in [3.05, 3.63) is 24.2 Å². The molecule has 0 saturated carbocycles. The quantitative estimate of drug-likeness (QED) is 0.679. The van der Waals surface area contributed by atoms with Gasteiger partial charge in [-0.1, -0.05) is 0 Å². The Morgan fingerprint density at radius 1 is 1.63 bits per heavy atom. The molecule has 0 bridgehead atoms. The van der Waals surface area contributed by atoms with Crippen LogP contribution in [0.25, 0.3) is 0 Å². The van der Waals surface area contributed by atoms with E-state index < -0.39 is 0 Å². The molecule has 1 saturated heterocycles. The van der Waals surface area contributed by atoms with Crippen LogP contribution in [0.5, 0.6) is 0 Å². The number of hydrogen-bond acceptors (Lipinski definition) is 4. The smallest absolute Gasteiger partial charge is 0.312 e. The number of nitrogens with one attached hydrogen (secondary N) is 2. The molecule has 1 fully saturated rings. The summed E-state index contributed by atoms with van der Waals surface area (Å²) in [6.07, 6.45) is 3.40. The maximum atomic E-state index is 11.9. The van der Waals surface area contributed by atoms with E-state index in [0.717, 1.165) is 17.0 Å². The maximum Gasteiger partial charge on any atom is 0.312 e. The molecule has 2 rings (SSSR count). The van der Waals surface area contributed by atoms with Gasteiger partial charge in [0.05, 0.1) is 32.2 Å². The molecule has 1 aromatic heterocycles. The van der Waals surface area contributed by atoms with Crippen molar-refractivity contribution in [2.75, 3.05) is 19.7 Å². The van der Waals surface area contributed by atoms with Crippen LogP contribution in [-0.4, -0.2) is 37.6 Å². The normalized spacial score (nSPS) is 22.9. The Morgan fingerprint density at radius 3 is 3.16 bits per heavy atom. The van der Waals surface area contributed by atoms with Gasteiger partial charge in [0.2, 0.25) is 0 Å². The van der Waals surface area contributed by atoms with Gasteiger partial charge in [0.25, 0.3) is 5.91 Å². The standard InChI is InChI=1S/C13H18N2O4/c1-2-19-12(16)7-11-13(17)14-4-5-15(11)8-10-3-6-18-9-10/h3,6,9,11H,2,4-5,7-8H2,1H3,(H,14,17)/p+1/t11-/m1/s1. The van der Waals surface area contributed by atoms with Crippen LogP contribution in [0.4, 0.5) is 0 Å². The number of ether oxygens (including phenoxy) is 1. The van der Waals surface area contributed by atoms with Gasteiger partial charge in [-0.25, -0.2) is 0 Å². The largest absolute Gasteiger partial charge is 0.472 e. The summed E-state index contributed by atoms with van der Waals surface area (Å²) in [4.78, 5) is 24.5. The van der Waals surface area contributed by atoms with Crippen LogP contribution < -0.4 is 10.2 Å². The van der Waals surface area contributed by atoms with Gasteiger partial charge in [-0.15, -0.1) is 0 Å². The Bertz CT molecular complexity index is 430. The van der Waals surface area contributed by atoms with E-state index in [1.165, 1.54) is 0 Å². The van der Waals surface area contributed by atoms with Gasteiger partial charge in [-0.3, -0.25) is 9.59 Å². The van der Waals surface area contributed by atoms with Crippen LogP contribution in [0.2, 0.25) is 0 Å². The Balaban J connectivity index is 2.01. The van der Waals surface area contributed by atoms with Crippen LogP contribution in [0, 0.1) is 0 Å². The minimum Gasteiger partial charge on any atom is -0.472 e. The molecular formula is C13H19N2O4+. The van der Waals surface area contributed by atoms with E-state index in [1.54, 1.807) is 19.5 Å².